The second-order valence-electron chi connectivity index (χ2n) is 25.4. The van der Waals surface area contributed by atoms with Gasteiger partial charge in [0.1, 0.15) is 22.6 Å². The molecular formula is C62H75ClN10O10S2. The standard InChI is InChI=1S/C31H38ClN5O5S.C31H37N5O5S/c1-30(2,3)24-16-14-22(27(32)35-24)28(38)37-43(41,42)26-8-6-7-25(36-26)34-23(15-9-19-17-31(4,5)33-18-19)20-10-12-21(13-11-20)29(39)40;1-30(2,3)24-16-14-22-27(33-24)36-18-19(17-31(36,4)5)9-15-23(20-10-12-21(13-11-20)29(38)39)32-25-7-6-8-26(34-25)42(40,41)35-28(22)37/h6-8,10-14,16,19,23,33H,9,15,17-18H2,1-5H3,(H,34,36)(H,37,38)(H,39,40);6-8,10-14,16,19,23H,9,15,17-18H2,1-5H3,(H,32,34)(H,35,37)(H,38,39)/t2*19-,23?/m00/s1. The number of hydrogen-bond acceptors (Lipinski definition) is 16. The van der Waals surface area contributed by atoms with Crippen molar-refractivity contribution in [2.75, 3.05) is 28.6 Å². The number of rotatable bonds is 12. The topological polar surface area (TPSA) is 292 Å². The number of fused-ring (bicyclic) bond motifs is 6. The van der Waals surface area contributed by atoms with E-state index in [1.165, 1.54) is 24.3 Å². The normalized spacial score (nSPS) is 19.5. The van der Waals surface area contributed by atoms with Gasteiger partial charge in [0.05, 0.1) is 34.3 Å². The summed E-state index contributed by atoms with van der Waals surface area (Å²) in [6.07, 6.45) is 5.01. The molecule has 7 N–H and O–H groups in total. The lowest BCUT2D eigenvalue weighted by molar-refractivity contribution is 0.0686. The van der Waals surface area contributed by atoms with Crippen molar-refractivity contribution in [2.24, 2.45) is 11.8 Å². The molecule has 3 aliphatic rings. The number of carbonyl (C=O) groups excluding carboxylic acids is 2. The third-order valence-corrected chi connectivity index (χ3v) is 18.3. The van der Waals surface area contributed by atoms with Crippen LogP contribution >= 0.6 is 11.6 Å². The van der Waals surface area contributed by atoms with E-state index in [2.05, 4.69) is 68.2 Å². The zero-order valence-electron chi connectivity index (χ0n) is 49.4. The Morgan fingerprint density at radius 1 is 0.776 bits per heavy atom. The monoisotopic (exact) mass is 1220 g/mol. The molecule has 2 fully saturated rings. The number of anilines is 3. The minimum Gasteiger partial charge on any atom is -0.478 e. The highest BCUT2D eigenvalue weighted by molar-refractivity contribution is 7.90. The molecule has 452 valence electrons. The summed E-state index contributed by atoms with van der Waals surface area (Å²) < 4.78 is 57.4. The molecule has 20 nitrogen and oxygen atoms in total. The number of nitrogens with zero attached hydrogens (tertiary/aromatic N) is 5. The number of carboxylic acids is 2. The van der Waals surface area contributed by atoms with Gasteiger partial charge in [0.15, 0.2) is 10.1 Å². The van der Waals surface area contributed by atoms with Gasteiger partial charge in [-0.05, 0) is 169 Å². The molecule has 0 spiro atoms. The van der Waals surface area contributed by atoms with Gasteiger partial charge in [0.25, 0.3) is 31.9 Å². The molecule has 3 aliphatic heterocycles. The molecule has 85 heavy (non-hydrogen) atoms. The number of amides is 2. The van der Waals surface area contributed by atoms with E-state index in [-0.39, 0.29) is 77.4 Å². The van der Waals surface area contributed by atoms with Crippen molar-refractivity contribution in [3.8, 4) is 0 Å². The molecule has 2 aromatic carbocycles. The number of benzene rings is 2. The van der Waals surface area contributed by atoms with Gasteiger partial charge < -0.3 is 31.1 Å². The maximum absolute atomic E-state index is 13.6. The van der Waals surface area contributed by atoms with E-state index in [0.717, 1.165) is 49.0 Å². The first-order valence-electron chi connectivity index (χ1n) is 28.2. The van der Waals surface area contributed by atoms with Crippen molar-refractivity contribution in [3.63, 3.8) is 0 Å². The number of aromatic nitrogens is 4. The van der Waals surface area contributed by atoms with E-state index in [9.17, 15) is 46.2 Å². The Morgan fingerprint density at radius 3 is 2.01 bits per heavy atom. The largest absolute Gasteiger partial charge is 0.478 e. The fraction of sp³-hybridized carbons (Fsp3) is 0.419. The molecule has 7 heterocycles. The van der Waals surface area contributed by atoms with Gasteiger partial charge in [-0.1, -0.05) is 89.5 Å². The molecule has 2 saturated heterocycles. The quantitative estimate of drug-likeness (QED) is 0.0560. The lowest BCUT2D eigenvalue weighted by atomic mass is 9.90. The summed E-state index contributed by atoms with van der Waals surface area (Å²) in [4.78, 5) is 69.2. The molecule has 4 bridgehead atoms. The number of sulfonamides is 2. The predicted molar refractivity (Wildman–Crippen MR) is 326 cm³/mol. The summed E-state index contributed by atoms with van der Waals surface area (Å²) in [6.45, 7) is 22.1. The molecular weight excluding hydrogens is 1140 g/mol. The first kappa shape index (κ1) is 63.5. The highest BCUT2D eigenvalue weighted by Crippen LogP contribution is 2.42. The molecule has 9 rings (SSSR count). The summed E-state index contributed by atoms with van der Waals surface area (Å²) in [7, 11) is -8.66. The predicted octanol–water partition coefficient (Wildman–Crippen LogP) is 10.7. The fourth-order valence-electron chi connectivity index (χ4n) is 11.0. The van der Waals surface area contributed by atoms with E-state index < -0.39 is 43.8 Å². The van der Waals surface area contributed by atoms with E-state index in [1.807, 2.05) is 46.3 Å². The van der Waals surface area contributed by atoms with Gasteiger partial charge in [-0.15, -0.1) is 0 Å². The molecule has 0 saturated carbocycles. The van der Waals surface area contributed by atoms with Crippen LogP contribution in [0, 0.1) is 11.8 Å². The second-order valence-corrected chi connectivity index (χ2v) is 29.0. The molecule has 2 unspecified atom stereocenters. The first-order chi connectivity index (χ1) is 39.7. The zero-order valence-corrected chi connectivity index (χ0v) is 51.8. The van der Waals surface area contributed by atoms with Crippen LogP contribution in [0.5, 0.6) is 0 Å². The van der Waals surface area contributed by atoms with Crippen LogP contribution in [0.2, 0.25) is 5.15 Å². The molecule has 23 heteroatoms. The number of halogens is 1. The Labute approximate surface area is 502 Å². The second kappa shape index (κ2) is 24.8. The van der Waals surface area contributed by atoms with Crippen molar-refractivity contribution >= 4 is 72.9 Å². The number of carboxylic acid groups (broad SMARTS) is 2. The van der Waals surface area contributed by atoms with Crippen molar-refractivity contribution in [3.05, 3.63) is 159 Å². The van der Waals surface area contributed by atoms with Gasteiger partial charge in [-0.25, -0.2) is 39.0 Å². The lowest BCUT2D eigenvalue weighted by Gasteiger charge is -2.34. The summed E-state index contributed by atoms with van der Waals surface area (Å²) in [5.41, 5.74) is 2.82. The summed E-state index contributed by atoms with van der Waals surface area (Å²) in [5.74, 6) is -1.86. The van der Waals surface area contributed by atoms with Crippen LogP contribution in [0.25, 0.3) is 0 Å². The van der Waals surface area contributed by atoms with Crippen LogP contribution in [0.3, 0.4) is 0 Å². The third kappa shape index (κ3) is 15.7. The van der Waals surface area contributed by atoms with Crippen LogP contribution in [0.1, 0.15) is 184 Å². The highest BCUT2D eigenvalue weighted by atomic mass is 35.5. The molecule has 2 amide bonds. The Kier molecular flexibility index (Phi) is 18.5. The average Bonchev–Trinajstić information content (AvgIpc) is 2.04. The van der Waals surface area contributed by atoms with Crippen LogP contribution < -0.4 is 30.3 Å². The van der Waals surface area contributed by atoms with Gasteiger partial charge in [-0.2, -0.15) is 16.8 Å². The van der Waals surface area contributed by atoms with Gasteiger partial charge in [-0.3, -0.25) is 9.59 Å². The first-order valence-corrected chi connectivity index (χ1v) is 31.5. The molecule has 0 aliphatic carbocycles. The van der Waals surface area contributed by atoms with E-state index >= 15 is 0 Å². The third-order valence-electron chi connectivity index (χ3n) is 15.6. The number of carbonyl (C=O) groups is 4. The smallest absolute Gasteiger partial charge is 0.335 e. The van der Waals surface area contributed by atoms with E-state index in [4.69, 9.17) is 16.6 Å². The summed E-state index contributed by atoms with van der Waals surface area (Å²) >= 11 is 6.24. The Bertz CT molecular complexity index is 3720. The molecule has 4 atom stereocenters. The molecule has 4 aromatic heterocycles. The minimum atomic E-state index is -4.35. The Hall–Kier alpha value is -7.53. The number of nitrogens with one attached hydrogen (secondary N) is 5. The zero-order chi connectivity index (χ0) is 62.0. The van der Waals surface area contributed by atoms with Crippen LogP contribution in [0.15, 0.2) is 119 Å². The van der Waals surface area contributed by atoms with Crippen LogP contribution in [-0.4, -0.2) is 94.9 Å². The Morgan fingerprint density at radius 2 is 1.40 bits per heavy atom. The van der Waals surface area contributed by atoms with Crippen molar-refractivity contribution in [2.45, 2.75) is 152 Å². The van der Waals surface area contributed by atoms with Crippen molar-refractivity contribution in [1.82, 2.24) is 34.7 Å². The van der Waals surface area contributed by atoms with Crippen molar-refractivity contribution in [1.29, 1.82) is 0 Å². The van der Waals surface area contributed by atoms with Gasteiger partial charge in [0, 0.05) is 39.8 Å². The number of hydrogen-bond donors (Lipinski definition) is 7. The number of pyridine rings is 4. The Balaban J connectivity index is 0.000000221. The average molecular weight is 1220 g/mol. The lowest BCUT2D eigenvalue weighted by Crippen LogP contribution is -2.41. The van der Waals surface area contributed by atoms with Crippen LogP contribution in [0.4, 0.5) is 17.5 Å². The molecule has 6 aromatic rings. The van der Waals surface area contributed by atoms with Gasteiger partial charge in [0.2, 0.25) is 0 Å². The molecule has 0 radical (unpaired) electrons. The maximum Gasteiger partial charge on any atom is 0.335 e. The fourth-order valence-corrected chi connectivity index (χ4v) is 13.1. The summed E-state index contributed by atoms with van der Waals surface area (Å²) in [5, 5.41) is 28.2. The van der Waals surface area contributed by atoms with E-state index in [0.29, 0.717) is 48.5 Å². The van der Waals surface area contributed by atoms with Gasteiger partial charge >= 0.3 is 11.9 Å². The SMILES string of the molecule is CC(C)(C)c1ccc2c(n1)N1C[C@@H](CCC(c3ccc(C(=O)O)cc3)Nc3cccc(n3)S(=O)(=O)NC2=O)CC1(C)C.CC1(C)C[C@H](CCC(Nc2cccc(S(=O)(=O)NC(=O)c3ccc(C(C)(C)C)nc3Cl)n2)c2ccc(C(=O)O)cc2)CN1. The minimum absolute atomic E-state index is 0.0676. The number of aromatic carboxylic acids is 2. The maximum atomic E-state index is 13.6. The van der Waals surface area contributed by atoms with E-state index in [1.54, 1.807) is 84.9 Å². The van der Waals surface area contributed by atoms with Crippen molar-refractivity contribution < 1.29 is 46.2 Å². The van der Waals surface area contributed by atoms with Crippen LogP contribution in [-0.2, 0) is 30.9 Å². The highest BCUT2D eigenvalue weighted by Gasteiger charge is 2.42. The summed E-state index contributed by atoms with van der Waals surface area (Å²) in [6, 6.07) is 28.3.